The molecule has 0 spiro atoms. The van der Waals surface area contributed by atoms with E-state index < -0.39 is 0 Å². The van der Waals surface area contributed by atoms with E-state index in [1.165, 1.54) is 11.1 Å². The molecule has 0 saturated heterocycles. The summed E-state index contributed by atoms with van der Waals surface area (Å²) in [5.74, 6) is 1.22. The van der Waals surface area contributed by atoms with Gasteiger partial charge in [0.15, 0.2) is 0 Å². The van der Waals surface area contributed by atoms with Gasteiger partial charge in [0.25, 0.3) is 0 Å². The smallest absolute Gasteiger partial charge is 0.0534 e. The Kier molecular flexibility index (Phi) is 8.87. The third kappa shape index (κ3) is 6.25. The molecule has 0 amide bonds. The Morgan fingerprint density at radius 3 is 1.89 bits per heavy atom. The number of para-hydroxylation sites is 2. The van der Waals surface area contributed by atoms with E-state index in [2.05, 4.69) is 161 Å². The average molecular weight is 797 g/mol. The van der Waals surface area contributed by atoms with Gasteiger partial charge in [0.2, 0.25) is 0 Å². The maximum absolute atomic E-state index is 6.56. The van der Waals surface area contributed by atoms with Crippen molar-refractivity contribution in [2.24, 2.45) is 0 Å². The molecule has 7 rings (SSSR count). The fourth-order valence-electron chi connectivity index (χ4n) is 6.10. The van der Waals surface area contributed by atoms with Gasteiger partial charge in [-0.3, -0.25) is 4.68 Å². The molecule has 5 aromatic carbocycles. The predicted octanol–water partition coefficient (Wildman–Crippen LogP) is 9.62. The average Bonchev–Trinajstić information content (AvgIpc) is 3.72. The van der Waals surface area contributed by atoms with Crippen LogP contribution in [0.15, 0.2) is 128 Å². The fourth-order valence-corrected chi connectivity index (χ4v) is 6.10. The van der Waals surface area contributed by atoms with Crippen molar-refractivity contribution in [1.82, 2.24) is 9.78 Å². The monoisotopic (exact) mass is 796 g/mol. The maximum Gasteiger partial charge on any atom is 0.0534 e. The molecule has 6 heteroatoms. The van der Waals surface area contributed by atoms with E-state index in [1.807, 2.05) is 35.1 Å². The molecule has 0 radical (unpaired) electrons. The summed E-state index contributed by atoms with van der Waals surface area (Å²) in [6, 6.07) is 46.7. The van der Waals surface area contributed by atoms with E-state index in [-0.39, 0.29) is 31.9 Å². The van der Waals surface area contributed by atoms with Crippen LogP contribution in [-0.4, -0.2) is 16.8 Å². The zero-order valence-electron chi connectivity index (χ0n) is 27.2. The molecular formula is C41H37N4OPt-3. The van der Waals surface area contributed by atoms with Crippen LogP contribution in [0.5, 0.6) is 11.5 Å². The molecule has 0 N–H and O–H groups in total. The molecular weight excluding hydrogens is 760 g/mol. The second-order valence-corrected chi connectivity index (χ2v) is 12.9. The molecule has 0 unspecified atom stereocenters. The number of ether oxygens (including phenoxy) is 1. The summed E-state index contributed by atoms with van der Waals surface area (Å²) in [4.78, 5) is 4.25. The minimum atomic E-state index is -0.299. The standard InChI is InChI=1S/C41H37N4O.Pt/c1-40(2,30-15-8-6-9-16-30)32-23-35(45-28-33(27-42-45)41(3,4)31-17-10-7-11-18-31)26-37(24-32)46-36-20-14-19-34(25-36)44-29-43(5)38-21-12-13-22-39(38)44;/h6-24,27-29H,1-5H3;/q-3;. The second kappa shape index (κ2) is 12.9. The molecule has 2 heterocycles. The molecule has 0 atom stereocenters. The first-order valence-corrected chi connectivity index (χ1v) is 15.6. The number of benzene rings is 5. The number of fused-ring (bicyclic) bond motifs is 1. The SMILES string of the molecule is CN1[CH-]N(c2[c-]c(Oc3[c-]c(-n4cc(C(C)(C)c5ccccc5)cn4)cc(C(C)(C)c4ccccc4)c3)ccc2)c2ccccc21.[Pt]. The third-order valence-corrected chi connectivity index (χ3v) is 9.14. The van der Waals surface area contributed by atoms with Crippen molar-refractivity contribution in [3.8, 4) is 17.2 Å². The summed E-state index contributed by atoms with van der Waals surface area (Å²) in [5.41, 5.74) is 8.11. The zero-order valence-corrected chi connectivity index (χ0v) is 29.5. The molecule has 0 bridgehead atoms. The van der Waals surface area contributed by atoms with E-state index in [0.29, 0.717) is 11.5 Å². The Morgan fingerprint density at radius 2 is 1.21 bits per heavy atom. The largest absolute Gasteiger partial charge is 0.509 e. The van der Waals surface area contributed by atoms with Gasteiger partial charge in [0.1, 0.15) is 0 Å². The van der Waals surface area contributed by atoms with Crippen LogP contribution < -0.4 is 14.5 Å². The first-order chi connectivity index (χ1) is 22.2. The van der Waals surface area contributed by atoms with Gasteiger partial charge >= 0.3 is 0 Å². The van der Waals surface area contributed by atoms with Gasteiger partial charge in [-0.2, -0.15) is 17.8 Å². The molecule has 47 heavy (non-hydrogen) atoms. The minimum absolute atomic E-state index is 0. The van der Waals surface area contributed by atoms with Gasteiger partial charge in [0.05, 0.1) is 6.20 Å². The van der Waals surface area contributed by atoms with Crippen molar-refractivity contribution in [1.29, 1.82) is 0 Å². The number of hydrogen-bond donors (Lipinski definition) is 0. The van der Waals surface area contributed by atoms with Crippen LogP contribution in [-0.2, 0) is 31.9 Å². The second-order valence-electron chi connectivity index (χ2n) is 12.9. The van der Waals surface area contributed by atoms with Gasteiger partial charge in [-0.25, -0.2) is 0 Å². The summed E-state index contributed by atoms with van der Waals surface area (Å²) in [7, 11) is 2.05. The van der Waals surface area contributed by atoms with E-state index in [9.17, 15) is 0 Å². The summed E-state index contributed by atoms with van der Waals surface area (Å²) < 4.78 is 8.47. The van der Waals surface area contributed by atoms with Crippen molar-refractivity contribution in [3.05, 3.63) is 169 Å². The zero-order chi connectivity index (χ0) is 31.9. The van der Waals surface area contributed by atoms with Crippen molar-refractivity contribution in [3.63, 3.8) is 0 Å². The summed E-state index contributed by atoms with van der Waals surface area (Å²) in [6.07, 6.45) is 4.06. The van der Waals surface area contributed by atoms with Crippen LogP contribution >= 0.6 is 0 Å². The molecule has 1 aliphatic heterocycles. The van der Waals surface area contributed by atoms with E-state index in [0.717, 1.165) is 33.9 Å². The van der Waals surface area contributed by atoms with E-state index in [1.54, 1.807) is 0 Å². The summed E-state index contributed by atoms with van der Waals surface area (Å²) in [5, 5.41) is 4.82. The molecule has 0 aliphatic carbocycles. The normalized spacial score (nSPS) is 12.9. The fraction of sp³-hybridized carbons (Fsp3) is 0.171. The number of anilines is 3. The Balaban J connectivity index is 0.00000386. The molecule has 5 nitrogen and oxygen atoms in total. The van der Waals surface area contributed by atoms with Crippen molar-refractivity contribution in [2.45, 2.75) is 38.5 Å². The first-order valence-electron chi connectivity index (χ1n) is 15.6. The minimum Gasteiger partial charge on any atom is -0.509 e. The maximum atomic E-state index is 6.56. The number of nitrogens with zero attached hydrogens (tertiary/aromatic N) is 4. The number of aromatic nitrogens is 2. The molecule has 240 valence electrons. The van der Waals surface area contributed by atoms with Crippen LogP contribution in [0.2, 0.25) is 0 Å². The van der Waals surface area contributed by atoms with Crippen molar-refractivity contribution < 1.29 is 25.8 Å². The molecule has 1 aliphatic rings. The van der Waals surface area contributed by atoms with E-state index >= 15 is 0 Å². The van der Waals surface area contributed by atoms with E-state index in [4.69, 9.17) is 9.84 Å². The molecule has 1 aromatic heterocycles. The van der Waals surface area contributed by atoms with Crippen LogP contribution in [0.3, 0.4) is 0 Å². The first kappa shape index (κ1) is 32.3. The molecule has 0 fully saturated rings. The number of rotatable bonds is 8. The van der Waals surface area contributed by atoms with Crippen LogP contribution in [0.25, 0.3) is 5.69 Å². The Morgan fingerprint density at radius 1 is 0.617 bits per heavy atom. The molecule has 0 saturated carbocycles. The quantitative estimate of drug-likeness (QED) is 0.144. The van der Waals surface area contributed by atoms with Crippen molar-refractivity contribution in [2.75, 3.05) is 16.8 Å². The summed E-state index contributed by atoms with van der Waals surface area (Å²) in [6.45, 7) is 11.0. The van der Waals surface area contributed by atoms with Gasteiger partial charge in [-0.05, 0) is 41.4 Å². The topological polar surface area (TPSA) is 33.5 Å². The Hall–Kier alpha value is -4.60. The van der Waals surface area contributed by atoms with Gasteiger partial charge in [-0.1, -0.05) is 100 Å². The summed E-state index contributed by atoms with van der Waals surface area (Å²) >= 11 is 0. The number of hydrogen-bond acceptors (Lipinski definition) is 4. The van der Waals surface area contributed by atoms with Gasteiger partial charge in [0, 0.05) is 61.1 Å². The van der Waals surface area contributed by atoms with Crippen LogP contribution in [0.4, 0.5) is 17.1 Å². The van der Waals surface area contributed by atoms with Gasteiger partial charge < -0.3 is 14.5 Å². The Bertz CT molecular complexity index is 1980. The van der Waals surface area contributed by atoms with Crippen LogP contribution in [0, 0.1) is 18.8 Å². The molecule has 6 aromatic rings. The van der Waals surface area contributed by atoms with Gasteiger partial charge in [-0.15, -0.1) is 47.6 Å². The Labute approximate surface area is 292 Å². The van der Waals surface area contributed by atoms with Crippen molar-refractivity contribution >= 4 is 17.1 Å². The van der Waals surface area contributed by atoms with Crippen LogP contribution in [0.1, 0.15) is 49.9 Å². The predicted molar refractivity (Wildman–Crippen MR) is 186 cm³/mol. The third-order valence-electron chi connectivity index (χ3n) is 9.14.